The highest BCUT2D eigenvalue weighted by Crippen LogP contribution is 2.26. The quantitative estimate of drug-likeness (QED) is 0.394. The zero-order valence-electron chi connectivity index (χ0n) is 17.5. The van der Waals surface area contributed by atoms with Crippen LogP contribution in [-0.4, -0.2) is 11.1 Å². The summed E-state index contributed by atoms with van der Waals surface area (Å²) in [6.45, 7) is 5.94. The van der Waals surface area contributed by atoms with Crippen molar-refractivity contribution in [3.8, 4) is 5.75 Å². The topological polar surface area (TPSA) is 76.7 Å². The Bertz CT molecular complexity index is 1150. The molecule has 30 heavy (non-hydrogen) atoms. The van der Waals surface area contributed by atoms with Gasteiger partial charge in [-0.05, 0) is 55.5 Å². The Morgan fingerprint density at radius 3 is 2.67 bits per heavy atom. The van der Waals surface area contributed by atoms with Gasteiger partial charge in [-0.1, -0.05) is 43.7 Å². The second-order valence-corrected chi connectivity index (χ2v) is 7.21. The molecule has 0 bridgehead atoms. The molecule has 0 aliphatic rings. The molecule has 3 rings (SSSR count). The molecule has 0 saturated heterocycles. The number of hydrogen-bond donors (Lipinski definition) is 1. The average molecular weight is 406 g/mol. The van der Waals surface area contributed by atoms with Crippen LogP contribution in [0.5, 0.6) is 5.75 Å². The van der Waals surface area contributed by atoms with Gasteiger partial charge in [-0.2, -0.15) is 0 Å². The second-order valence-electron chi connectivity index (χ2n) is 7.21. The lowest BCUT2D eigenvalue weighted by molar-refractivity contribution is -0.130. The molecule has 2 aromatic carbocycles. The number of aliphatic carboxylic acids is 1. The fraction of sp³-hybridized carbons (Fsp3) is 0.280. The lowest BCUT2D eigenvalue weighted by Gasteiger charge is -2.13. The minimum Gasteiger partial charge on any atom is -0.489 e. The molecule has 0 aliphatic carbocycles. The fourth-order valence-electron chi connectivity index (χ4n) is 3.57. The first-order chi connectivity index (χ1) is 14.5. The smallest absolute Gasteiger partial charge is 0.339 e. The van der Waals surface area contributed by atoms with E-state index in [1.165, 1.54) is 0 Å². The third-order valence-corrected chi connectivity index (χ3v) is 5.26. The van der Waals surface area contributed by atoms with Crippen LogP contribution in [-0.2, 0) is 17.8 Å². The van der Waals surface area contributed by atoms with Crippen molar-refractivity contribution in [2.75, 3.05) is 0 Å². The van der Waals surface area contributed by atoms with Crippen molar-refractivity contribution >= 4 is 22.5 Å². The van der Waals surface area contributed by atoms with Crippen LogP contribution in [0.2, 0.25) is 0 Å². The second kappa shape index (κ2) is 9.44. The van der Waals surface area contributed by atoms with E-state index < -0.39 is 5.97 Å². The number of ether oxygens (including phenoxy) is 1. The number of benzene rings is 2. The van der Waals surface area contributed by atoms with Gasteiger partial charge < -0.3 is 14.3 Å². The highest BCUT2D eigenvalue weighted by Gasteiger charge is 2.15. The van der Waals surface area contributed by atoms with Gasteiger partial charge in [-0.25, -0.2) is 9.59 Å². The summed E-state index contributed by atoms with van der Waals surface area (Å²) in [6.07, 6.45) is 4.25. The van der Waals surface area contributed by atoms with Crippen molar-refractivity contribution < 1.29 is 19.1 Å². The van der Waals surface area contributed by atoms with E-state index in [0.717, 1.165) is 34.9 Å². The maximum absolute atomic E-state index is 12.4. The predicted molar refractivity (Wildman–Crippen MR) is 118 cm³/mol. The van der Waals surface area contributed by atoms with Crippen LogP contribution in [0, 0.1) is 6.92 Å². The zero-order chi connectivity index (χ0) is 21.7. The van der Waals surface area contributed by atoms with Crippen LogP contribution in [0.25, 0.3) is 16.5 Å². The maximum Gasteiger partial charge on any atom is 0.339 e. The average Bonchev–Trinajstić information content (AvgIpc) is 2.73. The molecule has 1 N–H and O–H groups in total. The number of allylic oxidation sites excluding steroid dienone is 1. The number of carboxylic acids is 1. The molecule has 0 fully saturated rings. The number of rotatable bonds is 8. The van der Waals surface area contributed by atoms with Crippen LogP contribution in [0.3, 0.4) is 0 Å². The van der Waals surface area contributed by atoms with E-state index in [-0.39, 0.29) is 17.8 Å². The van der Waals surface area contributed by atoms with E-state index in [4.69, 9.17) is 9.15 Å². The van der Waals surface area contributed by atoms with E-state index in [2.05, 4.69) is 6.92 Å². The van der Waals surface area contributed by atoms with Crippen LogP contribution < -0.4 is 10.4 Å². The van der Waals surface area contributed by atoms with Crippen molar-refractivity contribution in [2.24, 2.45) is 0 Å². The summed E-state index contributed by atoms with van der Waals surface area (Å²) in [5.74, 6) is -0.426. The van der Waals surface area contributed by atoms with E-state index in [9.17, 15) is 14.7 Å². The van der Waals surface area contributed by atoms with Gasteiger partial charge in [-0.15, -0.1) is 0 Å². The number of unbranched alkanes of at least 4 members (excludes halogenated alkanes) is 1. The van der Waals surface area contributed by atoms with E-state index in [0.29, 0.717) is 23.3 Å². The number of fused-ring (bicyclic) bond motifs is 1. The minimum absolute atomic E-state index is 0.199. The van der Waals surface area contributed by atoms with Crippen molar-refractivity contribution in [3.05, 3.63) is 81.2 Å². The summed E-state index contributed by atoms with van der Waals surface area (Å²) < 4.78 is 11.5. The minimum atomic E-state index is -0.980. The molecule has 156 valence electrons. The molecule has 0 unspecified atom stereocenters. The molecule has 0 radical (unpaired) electrons. The zero-order valence-corrected chi connectivity index (χ0v) is 17.5. The van der Waals surface area contributed by atoms with Crippen LogP contribution in [0.1, 0.15) is 48.9 Å². The molecule has 5 nitrogen and oxygen atoms in total. The molecule has 5 heteroatoms. The third-order valence-electron chi connectivity index (χ3n) is 5.26. The Balaban J connectivity index is 1.88. The number of carbonyl (C=O) groups is 1. The molecule has 3 aromatic rings. The first-order valence-electron chi connectivity index (χ1n) is 10.1. The van der Waals surface area contributed by atoms with Gasteiger partial charge >= 0.3 is 11.6 Å². The van der Waals surface area contributed by atoms with Crippen molar-refractivity contribution in [2.45, 2.75) is 46.6 Å². The summed E-state index contributed by atoms with van der Waals surface area (Å²) in [5.41, 5.74) is 3.49. The first-order valence-corrected chi connectivity index (χ1v) is 10.1. The summed E-state index contributed by atoms with van der Waals surface area (Å²) in [5, 5.41) is 10.3. The maximum atomic E-state index is 12.4. The highest BCUT2D eigenvalue weighted by atomic mass is 16.5. The summed E-state index contributed by atoms with van der Waals surface area (Å²) >= 11 is 0. The van der Waals surface area contributed by atoms with E-state index in [1.54, 1.807) is 31.2 Å². The largest absolute Gasteiger partial charge is 0.489 e. The van der Waals surface area contributed by atoms with E-state index in [1.807, 2.05) is 31.2 Å². The van der Waals surface area contributed by atoms with Crippen molar-refractivity contribution in [3.63, 3.8) is 0 Å². The molecule has 0 aliphatic heterocycles. The first kappa shape index (κ1) is 21.4. The van der Waals surface area contributed by atoms with E-state index >= 15 is 0 Å². The molecule has 0 atom stereocenters. The Labute approximate surface area is 175 Å². The Hall–Kier alpha value is -3.34. The lowest BCUT2D eigenvalue weighted by atomic mass is 10.00. The van der Waals surface area contributed by atoms with Gasteiger partial charge in [0.2, 0.25) is 0 Å². The molecule has 0 saturated carbocycles. The predicted octanol–water partition coefficient (Wildman–Crippen LogP) is 5.51. The Morgan fingerprint density at radius 2 is 1.97 bits per heavy atom. The summed E-state index contributed by atoms with van der Waals surface area (Å²) in [4.78, 5) is 23.9. The lowest BCUT2D eigenvalue weighted by Crippen LogP contribution is -2.10. The van der Waals surface area contributed by atoms with Gasteiger partial charge in [0.25, 0.3) is 0 Å². The third kappa shape index (κ3) is 4.46. The number of hydrogen-bond acceptors (Lipinski definition) is 4. The molecular weight excluding hydrogens is 380 g/mol. The molecule has 0 amide bonds. The SMILES string of the molecule is C/C=C(/C(=O)O)c1ccccc1COc1ccc2c(C)c(CCCC)c(=O)oc2c1. The Morgan fingerprint density at radius 1 is 1.20 bits per heavy atom. The highest BCUT2D eigenvalue weighted by molar-refractivity contribution is 6.15. The summed E-state index contributed by atoms with van der Waals surface area (Å²) in [7, 11) is 0. The van der Waals surface area contributed by atoms with Crippen molar-refractivity contribution in [1.29, 1.82) is 0 Å². The molecule has 1 heterocycles. The fourth-order valence-corrected chi connectivity index (χ4v) is 3.57. The normalized spacial score (nSPS) is 11.6. The number of aryl methyl sites for hydroxylation is 1. The molecule has 0 spiro atoms. The van der Waals surface area contributed by atoms with Gasteiger partial charge in [0.05, 0.1) is 5.57 Å². The van der Waals surface area contributed by atoms with Gasteiger partial charge in [0.15, 0.2) is 0 Å². The van der Waals surface area contributed by atoms with Crippen LogP contribution in [0.4, 0.5) is 0 Å². The van der Waals surface area contributed by atoms with Crippen molar-refractivity contribution in [1.82, 2.24) is 0 Å². The van der Waals surface area contributed by atoms with Gasteiger partial charge in [0.1, 0.15) is 17.9 Å². The molecular formula is C25H26O5. The monoisotopic (exact) mass is 406 g/mol. The Kier molecular flexibility index (Phi) is 6.72. The number of carboxylic acid groups (broad SMARTS) is 1. The standard InChI is InChI=1S/C25H26O5/c1-4-6-10-21-16(3)20-13-12-18(14-23(20)30-25(21)28)29-15-17-9-7-8-11-22(17)19(5-2)24(26)27/h5,7-9,11-14H,4,6,10,15H2,1-3H3,(H,26,27)/b19-5+. The summed E-state index contributed by atoms with van der Waals surface area (Å²) in [6, 6.07) is 12.7. The van der Waals surface area contributed by atoms with Gasteiger partial charge in [0, 0.05) is 17.0 Å². The van der Waals surface area contributed by atoms with Gasteiger partial charge in [-0.3, -0.25) is 0 Å². The van der Waals surface area contributed by atoms with Crippen LogP contribution >= 0.6 is 0 Å². The van der Waals surface area contributed by atoms with Crippen LogP contribution in [0.15, 0.2) is 57.8 Å². The molecule has 1 aromatic heterocycles.